The predicted molar refractivity (Wildman–Crippen MR) is 148 cm³/mol. The number of hydrogen-bond acceptors (Lipinski definition) is 5. The summed E-state index contributed by atoms with van der Waals surface area (Å²) in [6.07, 6.45) is 0.349. The Balaban J connectivity index is 1.67. The lowest BCUT2D eigenvalue weighted by Gasteiger charge is -2.19. The van der Waals surface area contributed by atoms with Gasteiger partial charge >= 0.3 is 0 Å². The van der Waals surface area contributed by atoms with E-state index in [1.54, 1.807) is 36.4 Å². The molecule has 3 aromatic rings. The van der Waals surface area contributed by atoms with Gasteiger partial charge in [0.2, 0.25) is 5.91 Å². The van der Waals surface area contributed by atoms with Crippen LogP contribution in [0.2, 0.25) is 10.0 Å². The average molecular weight is 552 g/mol. The van der Waals surface area contributed by atoms with E-state index in [9.17, 15) is 14.9 Å². The Morgan fingerprint density at radius 1 is 1.05 bits per heavy atom. The van der Waals surface area contributed by atoms with Crippen LogP contribution in [0, 0.1) is 11.3 Å². The molecule has 4 rings (SSSR count). The lowest BCUT2D eigenvalue weighted by molar-refractivity contribution is -0.117. The number of amides is 2. The van der Waals surface area contributed by atoms with Crippen molar-refractivity contribution >= 4 is 52.5 Å². The number of carbonyl (C=O) groups excluding carboxylic acids is 2. The molecule has 1 aliphatic rings. The van der Waals surface area contributed by atoms with Crippen LogP contribution in [0.1, 0.15) is 18.1 Å². The van der Waals surface area contributed by atoms with Crippen LogP contribution in [0.25, 0.3) is 0 Å². The van der Waals surface area contributed by atoms with E-state index in [-0.39, 0.29) is 23.1 Å². The molecule has 0 aromatic heterocycles. The number of nitrogens with zero attached hydrogens (tertiary/aromatic N) is 2. The van der Waals surface area contributed by atoms with Crippen LogP contribution >= 0.6 is 35.0 Å². The van der Waals surface area contributed by atoms with E-state index in [4.69, 9.17) is 27.9 Å². The summed E-state index contributed by atoms with van der Waals surface area (Å²) in [7, 11) is 0. The first-order valence-corrected chi connectivity index (χ1v) is 13.2. The first-order chi connectivity index (χ1) is 17.9. The summed E-state index contributed by atoms with van der Waals surface area (Å²) in [5.41, 5.74) is 2.13. The van der Waals surface area contributed by atoms with Gasteiger partial charge < -0.3 is 10.1 Å². The highest BCUT2D eigenvalue weighted by Crippen LogP contribution is 2.42. The fourth-order valence-corrected chi connectivity index (χ4v) is 5.46. The molecular formula is C28H23Cl2N3O3S. The van der Waals surface area contributed by atoms with Gasteiger partial charge in [-0.1, -0.05) is 71.4 Å². The fourth-order valence-electron chi connectivity index (χ4n) is 3.83. The molecule has 0 aliphatic carbocycles. The number of rotatable bonds is 8. The maximum atomic E-state index is 13.6. The molecule has 1 atom stereocenters. The zero-order valence-corrected chi connectivity index (χ0v) is 22.2. The molecule has 1 unspecified atom stereocenters. The number of anilines is 1. The molecule has 1 saturated heterocycles. The van der Waals surface area contributed by atoms with E-state index in [0.717, 1.165) is 11.1 Å². The molecule has 0 radical (unpaired) electrons. The normalized spacial score (nSPS) is 16.3. The Labute approximate surface area is 229 Å². The third-order valence-electron chi connectivity index (χ3n) is 5.61. The number of hydrogen-bond donors (Lipinski definition) is 1. The van der Waals surface area contributed by atoms with Crippen molar-refractivity contribution in [3.63, 3.8) is 0 Å². The van der Waals surface area contributed by atoms with Gasteiger partial charge in [0.05, 0.1) is 21.9 Å². The molecule has 0 saturated carbocycles. The molecule has 2 amide bonds. The van der Waals surface area contributed by atoms with E-state index in [0.29, 0.717) is 34.5 Å². The molecule has 0 bridgehead atoms. The van der Waals surface area contributed by atoms with Gasteiger partial charge in [-0.2, -0.15) is 5.26 Å². The van der Waals surface area contributed by atoms with Gasteiger partial charge in [-0.25, -0.2) is 0 Å². The number of halogens is 2. The highest BCUT2D eigenvalue weighted by Gasteiger charge is 2.40. The predicted octanol–water partition coefficient (Wildman–Crippen LogP) is 6.13. The smallest absolute Gasteiger partial charge is 0.264 e. The van der Waals surface area contributed by atoms with Crippen LogP contribution in [0.5, 0.6) is 5.75 Å². The summed E-state index contributed by atoms with van der Waals surface area (Å²) >= 11 is 13.4. The quantitative estimate of drug-likeness (QED) is 0.268. The lowest BCUT2D eigenvalue weighted by atomic mass is 10.1. The second-order valence-electron chi connectivity index (χ2n) is 8.12. The van der Waals surface area contributed by atoms with Gasteiger partial charge in [0.25, 0.3) is 5.91 Å². The molecule has 6 nitrogen and oxygen atoms in total. The van der Waals surface area contributed by atoms with Crippen LogP contribution < -0.4 is 15.0 Å². The standard InChI is InChI=1S/C28H23Cl2N3O3S/c1-2-36-21-11-9-20(10-12-21)33-27(35)25(15-19-8-13-23(29)24(30)14-19)37-28(33)22(16-31)26(34)32-17-18-6-4-3-5-7-18/h3-14,25H,2,15,17H2,1H3,(H,32,34)/b28-22-. The Hall–Kier alpha value is -3.44. The van der Waals surface area contributed by atoms with E-state index in [2.05, 4.69) is 5.32 Å². The van der Waals surface area contributed by atoms with Crippen molar-refractivity contribution in [2.75, 3.05) is 11.5 Å². The van der Waals surface area contributed by atoms with Crippen molar-refractivity contribution in [1.82, 2.24) is 5.32 Å². The summed E-state index contributed by atoms with van der Waals surface area (Å²) < 4.78 is 5.52. The first-order valence-electron chi connectivity index (χ1n) is 11.5. The Morgan fingerprint density at radius 3 is 2.43 bits per heavy atom. The van der Waals surface area contributed by atoms with Crippen LogP contribution in [-0.4, -0.2) is 23.7 Å². The summed E-state index contributed by atoms with van der Waals surface area (Å²) in [5.74, 6) is -0.129. The van der Waals surface area contributed by atoms with Crippen LogP contribution in [-0.2, 0) is 22.6 Å². The number of benzene rings is 3. The van der Waals surface area contributed by atoms with Gasteiger partial charge in [-0.15, -0.1) is 0 Å². The monoisotopic (exact) mass is 551 g/mol. The lowest BCUT2D eigenvalue weighted by Crippen LogP contribution is -2.32. The Morgan fingerprint density at radius 2 is 1.78 bits per heavy atom. The third kappa shape index (κ3) is 6.28. The van der Waals surface area contributed by atoms with Gasteiger partial charge in [-0.05, 0) is 60.9 Å². The molecule has 1 heterocycles. The van der Waals surface area contributed by atoms with Gasteiger partial charge in [0, 0.05) is 12.2 Å². The summed E-state index contributed by atoms with van der Waals surface area (Å²) in [6, 6.07) is 23.6. The number of thioether (sulfide) groups is 1. The van der Waals surface area contributed by atoms with Gasteiger partial charge in [-0.3, -0.25) is 14.5 Å². The van der Waals surface area contributed by atoms with Crippen molar-refractivity contribution < 1.29 is 14.3 Å². The van der Waals surface area contributed by atoms with Crippen LogP contribution in [0.15, 0.2) is 83.4 Å². The molecule has 37 heavy (non-hydrogen) atoms. The largest absolute Gasteiger partial charge is 0.494 e. The van der Waals surface area contributed by atoms with Gasteiger partial charge in [0.15, 0.2) is 0 Å². The number of ether oxygens (including phenoxy) is 1. The van der Waals surface area contributed by atoms with Crippen molar-refractivity contribution in [3.8, 4) is 11.8 Å². The number of nitrogens with one attached hydrogen (secondary N) is 1. The highest BCUT2D eigenvalue weighted by atomic mass is 35.5. The van der Waals surface area contributed by atoms with E-state index in [1.165, 1.54) is 16.7 Å². The van der Waals surface area contributed by atoms with Gasteiger partial charge in [0.1, 0.15) is 22.4 Å². The van der Waals surface area contributed by atoms with E-state index >= 15 is 0 Å². The first kappa shape index (κ1) is 26.6. The van der Waals surface area contributed by atoms with Crippen molar-refractivity contribution in [2.45, 2.75) is 25.1 Å². The summed E-state index contributed by atoms with van der Waals surface area (Å²) in [5, 5.41) is 13.3. The SMILES string of the molecule is CCOc1ccc(N2C(=O)C(Cc3ccc(Cl)c(Cl)c3)S/C2=C(/C#N)C(=O)NCc2ccccc2)cc1. The molecule has 3 aromatic carbocycles. The van der Waals surface area contributed by atoms with E-state index < -0.39 is 11.2 Å². The molecule has 1 fully saturated rings. The van der Waals surface area contributed by atoms with Crippen molar-refractivity contribution in [3.05, 3.63) is 105 Å². The molecule has 1 N–H and O–H groups in total. The number of carbonyl (C=O) groups is 2. The Bertz CT molecular complexity index is 1370. The zero-order chi connectivity index (χ0) is 26.4. The zero-order valence-electron chi connectivity index (χ0n) is 19.9. The maximum absolute atomic E-state index is 13.6. The third-order valence-corrected chi connectivity index (χ3v) is 7.61. The summed E-state index contributed by atoms with van der Waals surface area (Å²) in [6.45, 7) is 2.65. The number of nitriles is 1. The second-order valence-corrected chi connectivity index (χ2v) is 10.1. The minimum atomic E-state index is -0.566. The molecule has 1 aliphatic heterocycles. The van der Waals surface area contributed by atoms with Crippen LogP contribution in [0.4, 0.5) is 5.69 Å². The van der Waals surface area contributed by atoms with Crippen LogP contribution in [0.3, 0.4) is 0 Å². The molecule has 0 spiro atoms. The minimum absolute atomic E-state index is 0.125. The molecule has 9 heteroatoms. The molecule has 188 valence electrons. The highest BCUT2D eigenvalue weighted by molar-refractivity contribution is 8.05. The van der Waals surface area contributed by atoms with Crippen molar-refractivity contribution in [1.29, 1.82) is 5.26 Å². The topological polar surface area (TPSA) is 82.4 Å². The average Bonchev–Trinajstić information content (AvgIpc) is 3.22. The minimum Gasteiger partial charge on any atom is -0.494 e. The fraction of sp³-hybridized carbons (Fsp3) is 0.179. The summed E-state index contributed by atoms with van der Waals surface area (Å²) in [4.78, 5) is 28.2. The van der Waals surface area contributed by atoms with E-state index in [1.807, 2.05) is 49.4 Å². The molecular weight excluding hydrogens is 529 g/mol. The second kappa shape index (κ2) is 12.2. The van der Waals surface area contributed by atoms with Crippen molar-refractivity contribution in [2.24, 2.45) is 0 Å². The Kier molecular flexibility index (Phi) is 8.78. The maximum Gasteiger partial charge on any atom is 0.264 e.